The third kappa shape index (κ3) is 2.91. The molecule has 4 aliphatic rings. The van der Waals surface area contributed by atoms with Crippen LogP contribution in [0.1, 0.15) is 51.9 Å². The van der Waals surface area contributed by atoms with Crippen LogP contribution in [0.3, 0.4) is 0 Å². The Morgan fingerprint density at radius 2 is 1.65 bits per heavy atom. The molecule has 0 spiro atoms. The molecule has 1 nitrogen and oxygen atoms in total. The van der Waals surface area contributed by atoms with Crippen LogP contribution < -0.4 is 0 Å². The molecule has 8 unspecified atom stereocenters. The third-order valence-electron chi connectivity index (χ3n) is 7.75. The van der Waals surface area contributed by atoms with Gasteiger partial charge in [-0.25, -0.2) is 0 Å². The summed E-state index contributed by atoms with van der Waals surface area (Å²) in [5, 5.41) is 0. The first-order chi connectivity index (χ1) is 10.9. The van der Waals surface area contributed by atoms with Gasteiger partial charge in [0.1, 0.15) is 0 Å². The van der Waals surface area contributed by atoms with Crippen molar-refractivity contribution in [2.75, 3.05) is 6.17 Å². The first kappa shape index (κ1) is 17.1. The summed E-state index contributed by atoms with van der Waals surface area (Å²) in [5.41, 5.74) is 0. The minimum Gasteiger partial charge on any atom is -0.299 e. The van der Waals surface area contributed by atoms with E-state index < -0.39 is 8.07 Å². The Bertz CT molecular complexity index is 447. The summed E-state index contributed by atoms with van der Waals surface area (Å²) in [6.45, 7) is 10.4. The molecule has 3 heteroatoms. The lowest BCUT2D eigenvalue weighted by Crippen LogP contribution is -2.50. The van der Waals surface area contributed by atoms with Gasteiger partial charge in [0, 0.05) is 16.9 Å². The summed E-state index contributed by atoms with van der Waals surface area (Å²) < 4.78 is 0. The molecule has 132 valence electrons. The lowest BCUT2D eigenvalue weighted by Gasteiger charge is -2.42. The van der Waals surface area contributed by atoms with Crippen LogP contribution in [-0.2, 0) is 0 Å². The lowest BCUT2D eigenvalue weighted by atomic mass is 9.73. The van der Waals surface area contributed by atoms with Gasteiger partial charge in [-0.15, -0.1) is 0 Å². The van der Waals surface area contributed by atoms with Crippen molar-refractivity contribution in [1.29, 1.82) is 0 Å². The average Bonchev–Trinajstić information content (AvgIpc) is 2.93. The summed E-state index contributed by atoms with van der Waals surface area (Å²) >= 11 is 3.99. The van der Waals surface area contributed by atoms with Gasteiger partial charge in [-0.3, -0.25) is 4.90 Å². The molecule has 23 heavy (non-hydrogen) atoms. The van der Waals surface area contributed by atoms with E-state index in [4.69, 9.17) is 0 Å². The second-order valence-electron chi connectivity index (χ2n) is 10.4. The van der Waals surface area contributed by atoms with Crippen LogP contribution in [0.4, 0.5) is 0 Å². The maximum atomic E-state index is 3.99. The predicted octanol–water partition coefficient (Wildman–Crippen LogP) is 5.55. The molecule has 3 aliphatic carbocycles. The van der Waals surface area contributed by atoms with Crippen LogP contribution in [0.15, 0.2) is 0 Å². The topological polar surface area (TPSA) is 3.24 Å². The normalized spacial score (nSPS) is 50.5. The smallest absolute Gasteiger partial charge is 0.0599 e. The van der Waals surface area contributed by atoms with Crippen LogP contribution >= 0.6 is 15.9 Å². The van der Waals surface area contributed by atoms with Gasteiger partial charge < -0.3 is 0 Å². The molecule has 0 N–H and O–H groups in total. The fraction of sp³-hybridized carbons (Fsp3) is 1.00. The number of hydrogen-bond donors (Lipinski definition) is 0. The Morgan fingerprint density at radius 3 is 2.35 bits per heavy atom. The van der Waals surface area contributed by atoms with Crippen molar-refractivity contribution in [3.05, 3.63) is 0 Å². The molecule has 1 heterocycles. The van der Waals surface area contributed by atoms with E-state index in [2.05, 4.69) is 47.4 Å². The van der Waals surface area contributed by atoms with E-state index in [1.807, 2.05) is 0 Å². The van der Waals surface area contributed by atoms with Crippen molar-refractivity contribution >= 4 is 24.0 Å². The molecule has 3 saturated carbocycles. The minimum absolute atomic E-state index is 0.797. The minimum atomic E-state index is -1.04. The summed E-state index contributed by atoms with van der Waals surface area (Å²) in [6, 6.07) is 1.88. The molecular formula is C20H36BrNSi. The van der Waals surface area contributed by atoms with Crippen molar-refractivity contribution in [3.8, 4) is 0 Å². The fourth-order valence-corrected chi connectivity index (χ4v) is 9.45. The van der Waals surface area contributed by atoms with E-state index in [-0.39, 0.29) is 0 Å². The van der Waals surface area contributed by atoms with Gasteiger partial charge in [0.2, 0.25) is 0 Å². The van der Waals surface area contributed by atoms with Crippen molar-refractivity contribution in [2.45, 2.75) is 88.4 Å². The summed E-state index contributed by atoms with van der Waals surface area (Å²) in [4.78, 5) is 3.92. The number of halogens is 1. The van der Waals surface area contributed by atoms with Crippen molar-refractivity contribution in [1.82, 2.24) is 4.90 Å². The Morgan fingerprint density at radius 1 is 0.957 bits per heavy atom. The van der Waals surface area contributed by atoms with E-state index >= 15 is 0 Å². The Kier molecular flexibility index (Phi) is 4.55. The summed E-state index contributed by atoms with van der Waals surface area (Å²) in [7, 11) is -1.04. The SMILES string of the molecule is CC1C2CCCCC2C2C1C1CC(Br)CCC1N2C[Si](C)(C)C. The number of rotatable bonds is 2. The van der Waals surface area contributed by atoms with Crippen molar-refractivity contribution in [3.63, 3.8) is 0 Å². The van der Waals surface area contributed by atoms with Crippen LogP contribution in [0, 0.1) is 29.6 Å². The average molecular weight is 399 g/mol. The van der Waals surface area contributed by atoms with Gasteiger partial charge in [0.15, 0.2) is 0 Å². The Balaban J connectivity index is 1.67. The van der Waals surface area contributed by atoms with Gasteiger partial charge in [-0.1, -0.05) is 55.3 Å². The molecule has 0 aromatic carbocycles. The number of fused-ring (bicyclic) bond motifs is 5. The van der Waals surface area contributed by atoms with Gasteiger partial charge in [0.05, 0.1) is 8.07 Å². The van der Waals surface area contributed by atoms with Gasteiger partial charge in [-0.2, -0.15) is 0 Å². The van der Waals surface area contributed by atoms with Crippen LogP contribution in [0.25, 0.3) is 0 Å². The maximum Gasteiger partial charge on any atom is 0.0599 e. The van der Waals surface area contributed by atoms with Crippen molar-refractivity contribution in [2.24, 2.45) is 29.6 Å². The lowest BCUT2D eigenvalue weighted by molar-refractivity contribution is 0.102. The molecule has 1 saturated heterocycles. The molecule has 4 rings (SSSR count). The number of hydrogen-bond acceptors (Lipinski definition) is 1. The highest BCUT2D eigenvalue weighted by Gasteiger charge is 2.61. The first-order valence-corrected chi connectivity index (χ1v) is 14.9. The predicted molar refractivity (Wildman–Crippen MR) is 106 cm³/mol. The number of alkyl halides is 1. The largest absolute Gasteiger partial charge is 0.299 e. The van der Waals surface area contributed by atoms with Gasteiger partial charge in [0.25, 0.3) is 0 Å². The first-order valence-electron chi connectivity index (χ1n) is 10.3. The summed E-state index contributed by atoms with van der Waals surface area (Å²) in [6.07, 6.45) is 11.9. The molecular weight excluding hydrogens is 362 g/mol. The Labute approximate surface area is 153 Å². The van der Waals surface area contributed by atoms with Crippen LogP contribution in [-0.4, -0.2) is 36.1 Å². The molecule has 8 atom stereocenters. The maximum absolute atomic E-state index is 3.99. The zero-order valence-corrected chi connectivity index (χ0v) is 18.2. The number of nitrogens with zero attached hydrogens (tertiary/aromatic N) is 1. The van der Waals surface area contributed by atoms with Crippen molar-refractivity contribution < 1.29 is 0 Å². The highest BCUT2D eigenvalue weighted by molar-refractivity contribution is 9.09. The van der Waals surface area contributed by atoms with E-state index in [1.54, 1.807) is 0 Å². The second kappa shape index (κ2) is 6.12. The highest BCUT2D eigenvalue weighted by Crippen LogP contribution is 2.60. The van der Waals surface area contributed by atoms with E-state index in [0.29, 0.717) is 0 Å². The molecule has 0 aromatic rings. The van der Waals surface area contributed by atoms with E-state index in [9.17, 15) is 0 Å². The molecule has 0 aromatic heterocycles. The third-order valence-corrected chi connectivity index (χ3v) is 9.89. The van der Waals surface area contributed by atoms with Crippen LogP contribution in [0.5, 0.6) is 0 Å². The quantitative estimate of drug-likeness (QED) is 0.435. The molecule has 0 amide bonds. The van der Waals surface area contributed by atoms with E-state index in [0.717, 1.165) is 46.5 Å². The monoisotopic (exact) mass is 397 g/mol. The zero-order chi connectivity index (χ0) is 16.4. The van der Waals surface area contributed by atoms with E-state index in [1.165, 1.54) is 51.1 Å². The molecule has 0 radical (unpaired) electrons. The highest BCUT2D eigenvalue weighted by atomic mass is 79.9. The molecule has 0 bridgehead atoms. The Hall–Kier alpha value is 0.657. The van der Waals surface area contributed by atoms with Gasteiger partial charge in [-0.05, 0) is 67.9 Å². The zero-order valence-electron chi connectivity index (χ0n) is 15.6. The number of likely N-dealkylation sites (tertiary alicyclic amines) is 1. The van der Waals surface area contributed by atoms with Crippen LogP contribution in [0.2, 0.25) is 19.6 Å². The standard InChI is InChI=1S/C20H36BrNSi/c1-13-15-7-5-6-8-16(15)20-19(13)17-11-14(21)9-10-18(17)22(20)12-23(2,3)4/h13-20H,5-12H2,1-4H3. The second-order valence-corrected chi connectivity index (χ2v) is 17.1. The van der Waals surface area contributed by atoms with Gasteiger partial charge >= 0.3 is 0 Å². The molecule has 4 fully saturated rings. The molecule has 1 aliphatic heterocycles. The fourth-order valence-electron chi connectivity index (χ4n) is 7.21. The summed E-state index contributed by atoms with van der Waals surface area (Å²) in [5.74, 6) is 5.10.